The van der Waals surface area contributed by atoms with Gasteiger partial charge in [-0.15, -0.1) is 0 Å². The first kappa shape index (κ1) is 22.1. The van der Waals surface area contributed by atoms with Gasteiger partial charge in [0.05, 0.1) is 10.5 Å². The Hall–Kier alpha value is -1.93. The molecule has 1 aromatic carbocycles. The maximum Gasteiger partial charge on any atom is 0.338 e. The van der Waals surface area contributed by atoms with Crippen LogP contribution >= 0.6 is 0 Å². The van der Waals surface area contributed by atoms with E-state index < -0.39 is 16.0 Å². The summed E-state index contributed by atoms with van der Waals surface area (Å²) in [4.78, 5) is 23.6. The summed E-state index contributed by atoms with van der Waals surface area (Å²) in [6, 6.07) is 5.22. The summed E-state index contributed by atoms with van der Waals surface area (Å²) in [7, 11) is -3.62. The van der Waals surface area contributed by atoms with Crippen LogP contribution in [0.4, 0.5) is 0 Å². The van der Waals surface area contributed by atoms with E-state index in [-0.39, 0.29) is 29.0 Å². The molecule has 26 heavy (non-hydrogen) atoms. The predicted octanol–water partition coefficient (Wildman–Crippen LogP) is 2.08. The zero-order valence-corrected chi connectivity index (χ0v) is 16.6. The lowest BCUT2D eigenvalue weighted by molar-refractivity contribution is -0.124. The van der Waals surface area contributed by atoms with Gasteiger partial charge in [-0.1, -0.05) is 20.8 Å². The zero-order valence-electron chi connectivity index (χ0n) is 15.7. The predicted molar refractivity (Wildman–Crippen MR) is 99.3 cm³/mol. The van der Waals surface area contributed by atoms with Crippen molar-refractivity contribution >= 4 is 21.9 Å². The van der Waals surface area contributed by atoms with Crippen molar-refractivity contribution in [3.05, 3.63) is 29.8 Å². The minimum atomic E-state index is -3.62. The summed E-state index contributed by atoms with van der Waals surface area (Å²) < 4.78 is 31.8. The Bertz CT molecular complexity index is 699. The SMILES string of the molecule is CCC(C)NS(=O)(=O)c1ccc(C(=O)OCC(=O)NCCC(C)C)cc1. The van der Waals surface area contributed by atoms with E-state index in [0.29, 0.717) is 18.9 Å². The number of carbonyl (C=O) groups is 2. The fraction of sp³-hybridized carbons (Fsp3) is 0.556. The van der Waals surface area contributed by atoms with Crippen LogP contribution in [-0.2, 0) is 19.6 Å². The summed E-state index contributed by atoms with van der Waals surface area (Å²) in [5, 5.41) is 2.67. The Labute approximate surface area is 155 Å². The molecule has 2 N–H and O–H groups in total. The zero-order chi connectivity index (χ0) is 19.7. The van der Waals surface area contributed by atoms with Gasteiger partial charge in [0.1, 0.15) is 0 Å². The highest BCUT2D eigenvalue weighted by atomic mass is 32.2. The van der Waals surface area contributed by atoms with Crippen molar-refractivity contribution in [3.63, 3.8) is 0 Å². The standard InChI is InChI=1S/C18H28N2O5S/c1-5-14(4)20-26(23,24)16-8-6-15(7-9-16)18(22)25-12-17(21)19-11-10-13(2)3/h6-9,13-14,20H,5,10-12H2,1-4H3,(H,19,21). The second-order valence-electron chi connectivity index (χ2n) is 6.56. The molecule has 8 heteroatoms. The molecule has 0 aliphatic heterocycles. The van der Waals surface area contributed by atoms with Crippen LogP contribution in [0.3, 0.4) is 0 Å². The van der Waals surface area contributed by atoms with Gasteiger partial charge in [0.2, 0.25) is 10.0 Å². The molecular weight excluding hydrogens is 356 g/mol. The molecule has 0 fully saturated rings. The number of amides is 1. The topological polar surface area (TPSA) is 102 Å². The van der Waals surface area contributed by atoms with Crippen molar-refractivity contribution in [1.29, 1.82) is 0 Å². The van der Waals surface area contributed by atoms with Crippen LogP contribution in [0.1, 0.15) is 50.9 Å². The third kappa shape index (κ3) is 7.53. The van der Waals surface area contributed by atoms with Gasteiger partial charge in [-0.3, -0.25) is 4.79 Å². The summed E-state index contributed by atoms with van der Waals surface area (Å²) in [6.07, 6.45) is 1.52. The van der Waals surface area contributed by atoms with Gasteiger partial charge in [0.25, 0.3) is 5.91 Å². The fourth-order valence-corrected chi connectivity index (χ4v) is 3.28. The number of ether oxygens (including phenoxy) is 1. The Kier molecular flexibility index (Phi) is 8.74. The summed E-state index contributed by atoms with van der Waals surface area (Å²) >= 11 is 0. The highest BCUT2D eigenvalue weighted by Gasteiger charge is 2.17. The maximum atomic E-state index is 12.2. The number of rotatable bonds is 10. The van der Waals surface area contributed by atoms with Crippen molar-refractivity contribution in [1.82, 2.24) is 10.0 Å². The van der Waals surface area contributed by atoms with E-state index in [9.17, 15) is 18.0 Å². The third-order valence-corrected chi connectivity index (χ3v) is 5.35. The number of hydrogen-bond donors (Lipinski definition) is 2. The van der Waals surface area contributed by atoms with Crippen molar-refractivity contribution < 1.29 is 22.7 Å². The smallest absolute Gasteiger partial charge is 0.338 e. The highest BCUT2D eigenvalue weighted by Crippen LogP contribution is 2.12. The number of benzene rings is 1. The second-order valence-corrected chi connectivity index (χ2v) is 8.28. The summed E-state index contributed by atoms with van der Waals surface area (Å²) in [6.45, 7) is 7.92. The molecule has 0 aliphatic carbocycles. The molecule has 0 heterocycles. The minimum absolute atomic E-state index is 0.0702. The quantitative estimate of drug-likeness (QED) is 0.602. The lowest BCUT2D eigenvalue weighted by atomic mass is 10.1. The molecule has 0 aliphatic rings. The Morgan fingerprint density at radius 2 is 1.73 bits per heavy atom. The van der Waals surface area contributed by atoms with Gasteiger partial charge in [-0.25, -0.2) is 17.9 Å². The van der Waals surface area contributed by atoms with Crippen LogP contribution in [0.5, 0.6) is 0 Å². The first-order valence-electron chi connectivity index (χ1n) is 8.72. The van der Waals surface area contributed by atoms with E-state index in [1.165, 1.54) is 24.3 Å². The minimum Gasteiger partial charge on any atom is -0.452 e. The Morgan fingerprint density at radius 1 is 1.12 bits per heavy atom. The number of hydrogen-bond acceptors (Lipinski definition) is 5. The van der Waals surface area contributed by atoms with Gasteiger partial charge in [0.15, 0.2) is 6.61 Å². The molecular formula is C18H28N2O5S. The average molecular weight is 384 g/mol. The number of carbonyl (C=O) groups excluding carboxylic acids is 2. The van der Waals surface area contributed by atoms with Crippen LogP contribution in [0, 0.1) is 5.92 Å². The van der Waals surface area contributed by atoms with E-state index in [4.69, 9.17) is 4.74 Å². The first-order valence-corrected chi connectivity index (χ1v) is 10.2. The molecule has 0 bridgehead atoms. The van der Waals surface area contributed by atoms with Crippen molar-refractivity contribution in [2.45, 2.75) is 51.5 Å². The molecule has 7 nitrogen and oxygen atoms in total. The fourth-order valence-electron chi connectivity index (χ4n) is 1.95. The molecule has 1 unspecified atom stereocenters. The maximum absolute atomic E-state index is 12.2. The Morgan fingerprint density at radius 3 is 2.27 bits per heavy atom. The number of sulfonamides is 1. The molecule has 1 atom stereocenters. The first-order chi connectivity index (χ1) is 12.2. The lowest BCUT2D eigenvalue weighted by Crippen LogP contribution is -2.32. The van der Waals surface area contributed by atoms with Gasteiger partial charge in [-0.2, -0.15) is 0 Å². The van der Waals surface area contributed by atoms with Crippen LogP contribution in [0.15, 0.2) is 29.2 Å². The van der Waals surface area contributed by atoms with Gasteiger partial charge >= 0.3 is 5.97 Å². The number of nitrogens with one attached hydrogen (secondary N) is 2. The van der Waals surface area contributed by atoms with E-state index in [2.05, 4.69) is 23.9 Å². The molecule has 1 rings (SSSR count). The van der Waals surface area contributed by atoms with Gasteiger partial charge < -0.3 is 10.1 Å². The van der Waals surface area contributed by atoms with Gasteiger partial charge in [-0.05, 0) is 49.9 Å². The number of esters is 1. The molecule has 0 saturated carbocycles. The average Bonchev–Trinajstić information content (AvgIpc) is 2.59. The normalized spacial score (nSPS) is 12.7. The van der Waals surface area contributed by atoms with Crippen LogP contribution in [0.2, 0.25) is 0 Å². The van der Waals surface area contributed by atoms with E-state index in [1.807, 2.05) is 6.92 Å². The molecule has 0 saturated heterocycles. The second kappa shape index (κ2) is 10.3. The highest BCUT2D eigenvalue weighted by molar-refractivity contribution is 7.89. The monoisotopic (exact) mass is 384 g/mol. The summed E-state index contributed by atoms with van der Waals surface area (Å²) in [5.74, 6) is -0.568. The van der Waals surface area contributed by atoms with E-state index in [1.54, 1.807) is 6.92 Å². The third-order valence-electron chi connectivity index (χ3n) is 3.75. The van der Waals surface area contributed by atoms with E-state index in [0.717, 1.165) is 6.42 Å². The lowest BCUT2D eigenvalue weighted by Gasteiger charge is -2.12. The van der Waals surface area contributed by atoms with Crippen LogP contribution < -0.4 is 10.0 Å². The molecule has 1 amide bonds. The Balaban J connectivity index is 2.57. The van der Waals surface area contributed by atoms with Crippen molar-refractivity contribution in [3.8, 4) is 0 Å². The largest absolute Gasteiger partial charge is 0.452 e. The van der Waals surface area contributed by atoms with E-state index >= 15 is 0 Å². The van der Waals surface area contributed by atoms with Crippen molar-refractivity contribution in [2.24, 2.45) is 5.92 Å². The van der Waals surface area contributed by atoms with Crippen LogP contribution in [0.25, 0.3) is 0 Å². The van der Waals surface area contributed by atoms with Crippen LogP contribution in [-0.4, -0.2) is 39.5 Å². The summed E-state index contributed by atoms with van der Waals surface area (Å²) in [5.41, 5.74) is 0.183. The molecule has 0 spiro atoms. The molecule has 0 aromatic heterocycles. The van der Waals surface area contributed by atoms with Gasteiger partial charge in [0, 0.05) is 12.6 Å². The molecule has 1 aromatic rings. The van der Waals surface area contributed by atoms with Crippen molar-refractivity contribution in [2.75, 3.05) is 13.2 Å². The molecule has 146 valence electrons. The molecule has 0 radical (unpaired) electrons.